The van der Waals surface area contributed by atoms with E-state index in [1.54, 1.807) is 36.4 Å². The highest BCUT2D eigenvalue weighted by atomic mass is 16.4. The molecule has 1 aromatic heterocycles. The highest BCUT2D eigenvalue weighted by Crippen LogP contribution is 2.28. The monoisotopic (exact) mass is 292 g/mol. The average Bonchev–Trinajstić information content (AvgIpc) is 2.82. The molecule has 2 amide bonds. The molecule has 1 aliphatic rings. The lowest BCUT2D eigenvalue weighted by Gasteiger charge is -2.04. The van der Waals surface area contributed by atoms with E-state index in [4.69, 9.17) is 4.42 Å². The summed E-state index contributed by atoms with van der Waals surface area (Å²) in [5.41, 5.74) is 0.682. The molecule has 0 radical (unpaired) electrons. The number of hydrogen-bond acceptors (Lipinski definition) is 5. The minimum absolute atomic E-state index is 0.0189. The van der Waals surface area contributed by atoms with Crippen LogP contribution in [0.2, 0.25) is 0 Å². The number of carbonyl (C=O) groups excluding carboxylic acids is 2. The van der Waals surface area contributed by atoms with Gasteiger partial charge in [0, 0.05) is 0 Å². The van der Waals surface area contributed by atoms with E-state index < -0.39 is 17.4 Å². The lowest BCUT2D eigenvalue weighted by molar-refractivity contribution is 0.0879. The van der Waals surface area contributed by atoms with E-state index in [9.17, 15) is 14.4 Å². The number of nitrogens with zero attached hydrogens (tertiary/aromatic N) is 1. The van der Waals surface area contributed by atoms with Crippen LogP contribution in [0.3, 0.4) is 0 Å². The summed E-state index contributed by atoms with van der Waals surface area (Å²) in [7, 11) is 0. The normalized spacial score (nSPS) is 13.3. The van der Waals surface area contributed by atoms with Crippen LogP contribution in [0.4, 0.5) is 0 Å². The molecule has 0 saturated carbocycles. The van der Waals surface area contributed by atoms with Gasteiger partial charge in [0.25, 0.3) is 11.8 Å². The third-order valence-corrected chi connectivity index (χ3v) is 3.53. The quantitative estimate of drug-likeness (QED) is 0.690. The van der Waals surface area contributed by atoms with Crippen molar-refractivity contribution in [3.8, 4) is 11.5 Å². The molecule has 0 atom stereocenters. The zero-order valence-corrected chi connectivity index (χ0v) is 11.1. The number of amides is 2. The molecule has 1 N–H and O–H groups in total. The smallest absolute Gasteiger partial charge is 0.347 e. The second kappa shape index (κ2) is 4.36. The van der Waals surface area contributed by atoms with Crippen LogP contribution in [0.15, 0.2) is 51.7 Å². The fourth-order valence-corrected chi connectivity index (χ4v) is 2.53. The van der Waals surface area contributed by atoms with Gasteiger partial charge < -0.3 is 4.42 Å². The van der Waals surface area contributed by atoms with Gasteiger partial charge in [0.2, 0.25) is 5.89 Å². The number of carbonyl (C=O) groups is 2. The van der Waals surface area contributed by atoms with Crippen LogP contribution in [0.5, 0.6) is 0 Å². The summed E-state index contributed by atoms with van der Waals surface area (Å²) in [5.74, 6) is -0.969. The van der Waals surface area contributed by atoms with E-state index in [1.165, 1.54) is 6.07 Å². The number of rotatable bonds is 1. The predicted molar refractivity (Wildman–Crippen MR) is 77.5 cm³/mol. The van der Waals surface area contributed by atoms with Crippen molar-refractivity contribution in [3.63, 3.8) is 0 Å². The first-order valence-corrected chi connectivity index (χ1v) is 6.54. The SMILES string of the molecule is O=C1NC(=O)c2c1cccc2-c1nc2ccccc2c(=O)o1. The van der Waals surface area contributed by atoms with Crippen molar-refractivity contribution in [2.45, 2.75) is 0 Å². The number of fused-ring (bicyclic) bond motifs is 2. The molecule has 22 heavy (non-hydrogen) atoms. The Labute approximate surface area is 123 Å². The second-order valence-corrected chi connectivity index (χ2v) is 4.84. The summed E-state index contributed by atoms with van der Waals surface area (Å²) in [6.45, 7) is 0. The van der Waals surface area contributed by atoms with Crippen molar-refractivity contribution >= 4 is 22.7 Å². The van der Waals surface area contributed by atoms with Crippen LogP contribution in [-0.2, 0) is 0 Å². The Morgan fingerprint density at radius 2 is 1.64 bits per heavy atom. The Morgan fingerprint density at radius 3 is 2.50 bits per heavy atom. The summed E-state index contributed by atoms with van der Waals surface area (Å²) in [6.07, 6.45) is 0. The van der Waals surface area contributed by atoms with Gasteiger partial charge >= 0.3 is 5.63 Å². The molecule has 3 aromatic rings. The molecular formula is C16H8N2O4. The minimum Gasteiger partial charge on any atom is -0.403 e. The summed E-state index contributed by atoms with van der Waals surface area (Å²) in [6, 6.07) is 11.5. The van der Waals surface area contributed by atoms with Gasteiger partial charge in [-0.3, -0.25) is 14.9 Å². The summed E-state index contributed by atoms with van der Waals surface area (Å²) in [4.78, 5) is 40.0. The largest absolute Gasteiger partial charge is 0.403 e. The lowest BCUT2D eigenvalue weighted by atomic mass is 10.0. The van der Waals surface area contributed by atoms with Crippen molar-refractivity contribution in [1.29, 1.82) is 0 Å². The van der Waals surface area contributed by atoms with Crippen LogP contribution < -0.4 is 10.9 Å². The van der Waals surface area contributed by atoms with Crippen molar-refractivity contribution in [2.75, 3.05) is 0 Å². The van der Waals surface area contributed by atoms with Gasteiger partial charge in [-0.2, -0.15) is 0 Å². The molecule has 0 saturated heterocycles. The number of hydrogen-bond donors (Lipinski definition) is 1. The van der Waals surface area contributed by atoms with Crippen LogP contribution in [0.25, 0.3) is 22.4 Å². The Balaban J connectivity index is 2.04. The Hall–Kier alpha value is -3.28. The van der Waals surface area contributed by atoms with Crippen LogP contribution in [0.1, 0.15) is 20.7 Å². The third-order valence-electron chi connectivity index (χ3n) is 3.53. The van der Waals surface area contributed by atoms with Crippen molar-refractivity contribution in [2.24, 2.45) is 0 Å². The van der Waals surface area contributed by atoms with Gasteiger partial charge in [-0.15, -0.1) is 0 Å². The van der Waals surface area contributed by atoms with E-state index in [1.807, 2.05) is 0 Å². The summed E-state index contributed by atoms with van der Waals surface area (Å²) < 4.78 is 5.23. The second-order valence-electron chi connectivity index (χ2n) is 4.84. The molecule has 0 aliphatic carbocycles. The molecule has 0 bridgehead atoms. The average molecular weight is 292 g/mol. The Bertz CT molecular complexity index is 1020. The van der Waals surface area contributed by atoms with Crippen molar-refractivity contribution in [3.05, 3.63) is 64.0 Å². The predicted octanol–water partition coefficient (Wildman–Crippen LogP) is 1.74. The molecule has 1 aliphatic heterocycles. The van der Waals surface area contributed by atoms with E-state index >= 15 is 0 Å². The van der Waals surface area contributed by atoms with E-state index in [0.717, 1.165) is 0 Å². The molecule has 6 heteroatoms. The van der Waals surface area contributed by atoms with Gasteiger partial charge in [0.05, 0.1) is 27.6 Å². The summed E-state index contributed by atoms with van der Waals surface area (Å²) >= 11 is 0. The zero-order valence-electron chi connectivity index (χ0n) is 11.1. The lowest BCUT2D eigenvalue weighted by Crippen LogP contribution is -2.20. The maximum atomic E-state index is 12.0. The zero-order chi connectivity index (χ0) is 15.3. The van der Waals surface area contributed by atoms with Gasteiger partial charge in [-0.1, -0.05) is 18.2 Å². The Kier molecular flexibility index (Phi) is 2.47. The molecule has 2 aromatic carbocycles. The van der Waals surface area contributed by atoms with Crippen LogP contribution in [-0.4, -0.2) is 16.8 Å². The molecule has 4 rings (SSSR count). The van der Waals surface area contributed by atoms with Crippen LogP contribution in [0, 0.1) is 0 Å². The van der Waals surface area contributed by atoms with E-state index in [-0.39, 0.29) is 17.0 Å². The van der Waals surface area contributed by atoms with Crippen LogP contribution >= 0.6 is 0 Å². The molecule has 106 valence electrons. The standard InChI is InChI=1S/C16H8N2O4/c19-13-9-5-3-6-10(12(9)14(20)18-13)15-17-11-7-2-1-4-8(11)16(21)22-15/h1-7H,(H,18,19,20). The summed E-state index contributed by atoms with van der Waals surface area (Å²) in [5, 5.41) is 2.58. The Morgan fingerprint density at radius 1 is 0.864 bits per heavy atom. The van der Waals surface area contributed by atoms with Crippen molar-refractivity contribution in [1.82, 2.24) is 10.3 Å². The highest BCUT2D eigenvalue weighted by molar-refractivity contribution is 6.23. The first kappa shape index (κ1) is 12.5. The third kappa shape index (κ3) is 1.67. The molecule has 2 heterocycles. The minimum atomic E-state index is -0.539. The molecular weight excluding hydrogens is 284 g/mol. The fourth-order valence-electron chi connectivity index (χ4n) is 2.53. The highest BCUT2D eigenvalue weighted by Gasteiger charge is 2.30. The number of aromatic nitrogens is 1. The van der Waals surface area contributed by atoms with Gasteiger partial charge in [0.15, 0.2) is 0 Å². The van der Waals surface area contributed by atoms with E-state index in [2.05, 4.69) is 10.3 Å². The molecule has 0 spiro atoms. The number of imide groups is 1. The molecule has 0 unspecified atom stereocenters. The van der Waals surface area contributed by atoms with E-state index in [0.29, 0.717) is 16.5 Å². The topological polar surface area (TPSA) is 89.3 Å². The first-order chi connectivity index (χ1) is 10.6. The number of para-hydroxylation sites is 1. The molecule has 6 nitrogen and oxygen atoms in total. The number of benzene rings is 2. The molecule has 0 fully saturated rings. The fraction of sp³-hybridized carbons (Fsp3) is 0. The maximum Gasteiger partial charge on any atom is 0.347 e. The number of nitrogens with one attached hydrogen (secondary N) is 1. The van der Waals surface area contributed by atoms with Gasteiger partial charge in [-0.25, -0.2) is 9.78 Å². The van der Waals surface area contributed by atoms with Gasteiger partial charge in [-0.05, 0) is 24.3 Å². The van der Waals surface area contributed by atoms with Gasteiger partial charge in [0.1, 0.15) is 0 Å². The van der Waals surface area contributed by atoms with Crippen molar-refractivity contribution < 1.29 is 14.0 Å². The first-order valence-electron chi connectivity index (χ1n) is 6.54. The maximum absolute atomic E-state index is 12.0.